The minimum absolute atomic E-state index is 0.144. The predicted molar refractivity (Wildman–Crippen MR) is 90.0 cm³/mol. The first kappa shape index (κ1) is 15.8. The number of hydrogen-bond donors (Lipinski definition) is 2. The Kier molecular flexibility index (Phi) is 3.78. The number of likely N-dealkylation sites (tertiary alicyclic amines) is 1. The smallest absolute Gasteiger partial charge is 0.317 e. The van der Waals surface area contributed by atoms with Crippen molar-refractivity contribution in [3.8, 4) is 0 Å². The van der Waals surface area contributed by atoms with Gasteiger partial charge in [-0.05, 0) is 43.7 Å². The van der Waals surface area contributed by atoms with Crippen molar-refractivity contribution >= 4 is 23.7 Å². The van der Waals surface area contributed by atoms with Gasteiger partial charge in [-0.3, -0.25) is 19.8 Å². The Morgan fingerprint density at radius 2 is 1.80 bits per heavy atom. The number of pyridine rings is 1. The number of anilines is 1. The van der Waals surface area contributed by atoms with E-state index in [1.54, 1.807) is 31.3 Å². The molecule has 0 aromatic carbocycles. The van der Waals surface area contributed by atoms with Crippen molar-refractivity contribution in [1.29, 1.82) is 0 Å². The lowest BCUT2D eigenvalue weighted by Crippen LogP contribution is -2.50. The minimum Gasteiger partial charge on any atom is -0.317 e. The van der Waals surface area contributed by atoms with Gasteiger partial charge >= 0.3 is 6.03 Å². The summed E-state index contributed by atoms with van der Waals surface area (Å²) in [7, 11) is 0. The quantitative estimate of drug-likeness (QED) is 0.648. The van der Waals surface area contributed by atoms with Crippen molar-refractivity contribution in [3.05, 3.63) is 36.5 Å². The minimum atomic E-state index is -0.700. The van der Waals surface area contributed by atoms with Crippen LogP contribution in [-0.4, -0.2) is 33.9 Å². The number of imide groups is 1. The molecule has 4 aliphatic rings. The number of rotatable bonds is 3. The Bertz CT molecular complexity index is 716. The molecule has 5 unspecified atom stereocenters. The number of carbonyl (C=O) groups is 3. The van der Waals surface area contributed by atoms with E-state index >= 15 is 0 Å². The first-order valence-electron chi connectivity index (χ1n) is 8.60. The number of nitrogens with zero attached hydrogens (tertiary/aromatic N) is 2. The third kappa shape index (κ3) is 2.59. The van der Waals surface area contributed by atoms with Gasteiger partial charge < -0.3 is 5.32 Å². The van der Waals surface area contributed by atoms with Gasteiger partial charge in [-0.2, -0.15) is 0 Å². The Hall–Kier alpha value is -2.70. The van der Waals surface area contributed by atoms with Crippen molar-refractivity contribution in [2.75, 3.05) is 5.32 Å². The average molecular weight is 340 g/mol. The maximum Gasteiger partial charge on any atom is 0.322 e. The molecule has 1 saturated heterocycles. The van der Waals surface area contributed by atoms with Crippen LogP contribution in [-0.2, 0) is 9.59 Å². The van der Waals surface area contributed by atoms with Gasteiger partial charge in [0, 0.05) is 6.20 Å². The van der Waals surface area contributed by atoms with Gasteiger partial charge in [-0.1, -0.05) is 18.2 Å². The van der Waals surface area contributed by atoms with E-state index in [9.17, 15) is 14.4 Å². The van der Waals surface area contributed by atoms with E-state index in [0.717, 1.165) is 12.8 Å². The first-order valence-corrected chi connectivity index (χ1v) is 8.60. The number of urea groups is 1. The van der Waals surface area contributed by atoms with Gasteiger partial charge in [0.05, 0.1) is 11.8 Å². The van der Waals surface area contributed by atoms with E-state index in [4.69, 9.17) is 0 Å². The van der Waals surface area contributed by atoms with Crippen LogP contribution < -0.4 is 10.6 Å². The lowest BCUT2D eigenvalue weighted by atomic mass is 9.63. The molecule has 2 fully saturated rings. The lowest BCUT2D eigenvalue weighted by Gasteiger charge is -2.38. The highest BCUT2D eigenvalue weighted by Crippen LogP contribution is 2.49. The molecule has 2 N–H and O–H groups in total. The molecule has 130 valence electrons. The second-order valence-electron chi connectivity index (χ2n) is 6.88. The average Bonchev–Trinajstić information content (AvgIpc) is 2.90. The molecule has 0 spiro atoms. The number of allylic oxidation sites excluding steroid dienone is 2. The molecule has 1 aromatic heterocycles. The Balaban J connectivity index is 1.46. The topological polar surface area (TPSA) is 91.4 Å². The third-order valence-corrected chi connectivity index (χ3v) is 5.43. The fourth-order valence-corrected chi connectivity index (χ4v) is 4.32. The standard InChI is InChI=1S/C18H20N4O3/c1-10(20-18(25)21-13-4-2-3-9-19-13)22-16(23)14-11-5-6-12(8-7-11)15(14)17(22)24/h2-6,9-12,14-15H,7-8H2,1H3,(H2,19,20,21,25). The monoisotopic (exact) mass is 340 g/mol. The van der Waals surface area contributed by atoms with E-state index < -0.39 is 12.2 Å². The zero-order valence-electron chi connectivity index (χ0n) is 13.9. The number of fused-ring (bicyclic) bond motifs is 1. The highest BCUT2D eigenvalue weighted by Gasteiger charge is 2.57. The summed E-state index contributed by atoms with van der Waals surface area (Å²) in [6.45, 7) is 1.65. The summed E-state index contributed by atoms with van der Waals surface area (Å²) in [5.74, 6) is -0.169. The van der Waals surface area contributed by atoms with Crippen LogP contribution in [0.1, 0.15) is 19.8 Å². The molecular weight excluding hydrogens is 320 g/mol. The SMILES string of the molecule is CC(NC(=O)Nc1ccccn1)N1C(=O)C2C3C=CC(CC3)C2C1=O. The third-order valence-electron chi connectivity index (χ3n) is 5.43. The normalized spacial score (nSPS) is 31.0. The second kappa shape index (κ2) is 5.98. The Morgan fingerprint density at radius 1 is 1.16 bits per heavy atom. The number of amides is 4. The molecule has 7 heteroatoms. The van der Waals surface area contributed by atoms with Crippen LogP contribution in [0.2, 0.25) is 0 Å². The zero-order valence-corrected chi connectivity index (χ0v) is 13.9. The summed E-state index contributed by atoms with van der Waals surface area (Å²) in [6.07, 6.45) is 6.94. The number of nitrogens with one attached hydrogen (secondary N) is 2. The fourth-order valence-electron chi connectivity index (χ4n) is 4.32. The van der Waals surface area contributed by atoms with E-state index in [1.807, 2.05) is 0 Å². The van der Waals surface area contributed by atoms with E-state index in [1.165, 1.54) is 4.90 Å². The summed E-state index contributed by atoms with van der Waals surface area (Å²) in [5, 5.41) is 5.26. The highest BCUT2D eigenvalue weighted by molar-refractivity contribution is 6.06. The van der Waals surface area contributed by atoms with E-state index in [-0.39, 0.29) is 35.5 Å². The van der Waals surface area contributed by atoms with Crippen LogP contribution >= 0.6 is 0 Å². The molecule has 5 rings (SSSR count). The maximum atomic E-state index is 12.8. The van der Waals surface area contributed by atoms with Crippen molar-refractivity contribution in [3.63, 3.8) is 0 Å². The van der Waals surface area contributed by atoms with Gasteiger partial charge in [0.2, 0.25) is 11.8 Å². The van der Waals surface area contributed by atoms with Gasteiger partial charge in [-0.15, -0.1) is 0 Å². The Morgan fingerprint density at radius 3 is 2.32 bits per heavy atom. The molecule has 3 aliphatic carbocycles. The van der Waals surface area contributed by atoms with Crippen LogP contribution in [0.5, 0.6) is 0 Å². The molecule has 4 amide bonds. The molecule has 1 aliphatic heterocycles. The largest absolute Gasteiger partial charge is 0.322 e. The zero-order chi connectivity index (χ0) is 17.6. The van der Waals surface area contributed by atoms with Gasteiger partial charge in [0.15, 0.2) is 0 Å². The molecule has 0 radical (unpaired) electrons. The van der Waals surface area contributed by atoms with Crippen molar-refractivity contribution < 1.29 is 14.4 Å². The van der Waals surface area contributed by atoms with Crippen molar-refractivity contribution in [1.82, 2.24) is 15.2 Å². The summed E-state index contributed by atoms with van der Waals surface area (Å²) >= 11 is 0. The predicted octanol–water partition coefficient (Wildman–Crippen LogP) is 1.75. The van der Waals surface area contributed by atoms with Crippen LogP contribution in [0.15, 0.2) is 36.5 Å². The van der Waals surface area contributed by atoms with Crippen LogP contribution in [0, 0.1) is 23.7 Å². The molecule has 2 heterocycles. The van der Waals surface area contributed by atoms with Gasteiger partial charge in [0.25, 0.3) is 0 Å². The van der Waals surface area contributed by atoms with Crippen LogP contribution in [0.25, 0.3) is 0 Å². The number of carbonyl (C=O) groups excluding carboxylic acids is 3. The number of aromatic nitrogens is 1. The molecule has 7 nitrogen and oxygen atoms in total. The van der Waals surface area contributed by atoms with Gasteiger partial charge in [-0.25, -0.2) is 9.78 Å². The van der Waals surface area contributed by atoms with Crippen molar-refractivity contribution in [2.45, 2.75) is 25.9 Å². The first-order chi connectivity index (χ1) is 12.1. The summed E-state index contributed by atoms with van der Waals surface area (Å²) in [5.41, 5.74) is 0. The molecule has 5 atom stereocenters. The Labute approximate surface area is 145 Å². The molecule has 1 saturated carbocycles. The molecule has 1 aromatic rings. The fraction of sp³-hybridized carbons (Fsp3) is 0.444. The van der Waals surface area contributed by atoms with Gasteiger partial charge in [0.1, 0.15) is 12.0 Å². The summed E-state index contributed by atoms with van der Waals surface area (Å²) in [6, 6.07) is 4.67. The van der Waals surface area contributed by atoms with E-state index in [2.05, 4.69) is 27.8 Å². The second-order valence-corrected chi connectivity index (χ2v) is 6.88. The molecule has 25 heavy (non-hydrogen) atoms. The summed E-state index contributed by atoms with van der Waals surface area (Å²) in [4.78, 5) is 43.0. The molecular formula is C18H20N4O3. The van der Waals surface area contributed by atoms with Crippen molar-refractivity contribution in [2.24, 2.45) is 23.7 Å². The molecule has 2 bridgehead atoms. The van der Waals surface area contributed by atoms with Crippen LogP contribution in [0.4, 0.5) is 10.6 Å². The summed E-state index contributed by atoms with van der Waals surface area (Å²) < 4.78 is 0. The van der Waals surface area contributed by atoms with E-state index in [0.29, 0.717) is 5.82 Å². The highest BCUT2D eigenvalue weighted by atomic mass is 16.2. The van der Waals surface area contributed by atoms with Crippen LogP contribution in [0.3, 0.4) is 0 Å². The number of hydrogen-bond acceptors (Lipinski definition) is 4. The maximum absolute atomic E-state index is 12.8. The lowest BCUT2D eigenvalue weighted by molar-refractivity contribution is -0.142.